The zero-order valence-electron chi connectivity index (χ0n) is 17.3. The zero-order chi connectivity index (χ0) is 20.4. The van der Waals surface area contributed by atoms with Crippen LogP contribution in [0.3, 0.4) is 0 Å². The highest BCUT2D eigenvalue weighted by molar-refractivity contribution is 5.94. The molecule has 1 amide bonds. The van der Waals surface area contributed by atoms with E-state index in [-0.39, 0.29) is 11.8 Å². The summed E-state index contributed by atoms with van der Waals surface area (Å²) in [6, 6.07) is 16.0. The molecule has 2 heterocycles. The van der Waals surface area contributed by atoms with Crippen LogP contribution in [-0.4, -0.2) is 34.0 Å². The van der Waals surface area contributed by atoms with Gasteiger partial charge in [0.1, 0.15) is 0 Å². The molecule has 1 aromatic heterocycles. The molecule has 1 aliphatic rings. The Morgan fingerprint density at radius 1 is 1.10 bits per heavy atom. The predicted molar refractivity (Wildman–Crippen MR) is 113 cm³/mol. The molecule has 0 radical (unpaired) electrons. The highest BCUT2D eigenvalue weighted by Crippen LogP contribution is 2.29. The van der Waals surface area contributed by atoms with Gasteiger partial charge in [0.2, 0.25) is 11.7 Å². The van der Waals surface area contributed by atoms with Gasteiger partial charge in [0.15, 0.2) is 0 Å². The van der Waals surface area contributed by atoms with E-state index < -0.39 is 0 Å². The molecule has 0 spiro atoms. The highest BCUT2D eigenvalue weighted by atomic mass is 16.5. The topological polar surface area (TPSA) is 59.2 Å². The molecule has 1 aliphatic heterocycles. The monoisotopic (exact) mass is 389 g/mol. The summed E-state index contributed by atoms with van der Waals surface area (Å²) in [7, 11) is 0. The van der Waals surface area contributed by atoms with Gasteiger partial charge in [-0.25, -0.2) is 0 Å². The number of likely N-dealkylation sites (tertiary alicyclic amines) is 1. The van der Waals surface area contributed by atoms with Crippen molar-refractivity contribution in [2.45, 2.75) is 45.4 Å². The summed E-state index contributed by atoms with van der Waals surface area (Å²) in [6.07, 6.45) is 1.88. The second kappa shape index (κ2) is 8.19. The van der Waals surface area contributed by atoms with Crippen molar-refractivity contribution in [2.24, 2.45) is 0 Å². The van der Waals surface area contributed by atoms with Gasteiger partial charge in [-0.15, -0.1) is 0 Å². The third-order valence-electron chi connectivity index (χ3n) is 5.63. The molecule has 5 heteroatoms. The molecule has 0 bridgehead atoms. The van der Waals surface area contributed by atoms with Crippen molar-refractivity contribution in [3.63, 3.8) is 0 Å². The lowest BCUT2D eigenvalue weighted by Crippen LogP contribution is -2.39. The molecular weight excluding hydrogens is 362 g/mol. The summed E-state index contributed by atoms with van der Waals surface area (Å²) in [6.45, 7) is 7.75. The quantitative estimate of drug-likeness (QED) is 0.616. The van der Waals surface area contributed by atoms with Crippen molar-refractivity contribution in [2.75, 3.05) is 13.1 Å². The number of aryl methyl sites for hydroxylation is 1. The fourth-order valence-corrected chi connectivity index (χ4v) is 3.78. The summed E-state index contributed by atoms with van der Waals surface area (Å²) < 4.78 is 5.59. The van der Waals surface area contributed by atoms with Gasteiger partial charge >= 0.3 is 0 Å². The first-order valence-electron chi connectivity index (χ1n) is 10.3. The smallest absolute Gasteiger partial charge is 0.253 e. The second-order valence-corrected chi connectivity index (χ2v) is 8.19. The van der Waals surface area contributed by atoms with Crippen molar-refractivity contribution >= 4 is 5.91 Å². The lowest BCUT2D eigenvalue weighted by Gasteiger charge is -2.31. The molecule has 1 fully saturated rings. The number of hydrogen-bond acceptors (Lipinski definition) is 4. The molecular formula is C24H27N3O2. The maximum Gasteiger partial charge on any atom is 0.253 e. The van der Waals surface area contributed by atoms with Gasteiger partial charge < -0.3 is 9.42 Å². The van der Waals surface area contributed by atoms with Gasteiger partial charge in [0, 0.05) is 24.2 Å². The maximum absolute atomic E-state index is 12.9. The Kier molecular flexibility index (Phi) is 5.47. The molecule has 0 unspecified atom stereocenters. The molecule has 4 rings (SSSR count). The van der Waals surface area contributed by atoms with E-state index >= 15 is 0 Å². The van der Waals surface area contributed by atoms with E-state index in [0.29, 0.717) is 24.2 Å². The second-order valence-electron chi connectivity index (χ2n) is 8.19. The SMILES string of the molecule is Cc1ccc(C(=O)N2CCC[C@@H](c3nc(-c4ccc(C(C)C)cc4)no3)C2)cc1. The average Bonchev–Trinajstić information content (AvgIpc) is 3.24. The number of rotatable bonds is 4. The Bertz CT molecular complexity index is 974. The van der Waals surface area contributed by atoms with Crippen LogP contribution in [0.2, 0.25) is 0 Å². The standard InChI is InChI=1S/C24H27N3O2/c1-16(2)18-10-12-19(13-11-18)22-25-23(29-26-22)21-5-4-14-27(15-21)24(28)20-8-6-17(3)7-9-20/h6-13,16,21H,4-5,14-15H2,1-3H3/t21-/m1/s1. The average molecular weight is 389 g/mol. The van der Waals surface area contributed by atoms with Crippen LogP contribution < -0.4 is 0 Å². The van der Waals surface area contributed by atoms with E-state index in [9.17, 15) is 4.79 Å². The van der Waals surface area contributed by atoms with E-state index in [0.717, 1.165) is 36.1 Å². The van der Waals surface area contributed by atoms with Crippen LogP contribution in [0.5, 0.6) is 0 Å². The van der Waals surface area contributed by atoms with Gasteiger partial charge in [0.05, 0.1) is 5.92 Å². The molecule has 2 aromatic carbocycles. The van der Waals surface area contributed by atoms with E-state index in [1.54, 1.807) is 0 Å². The number of piperidine rings is 1. The minimum atomic E-state index is 0.0683. The first-order valence-corrected chi connectivity index (χ1v) is 10.3. The number of amides is 1. The Morgan fingerprint density at radius 2 is 1.83 bits per heavy atom. The predicted octanol–water partition coefficient (Wildman–Crippen LogP) is 5.19. The molecule has 0 N–H and O–H groups in total. The summed E-state index contributed by atoms with van der Waals surface area (Å²) in [5.41, 5.74) is 4.12. The van der Waals surface area contributed by atoms with Crippen LogP contribution in [0.4, 0.5) is 0 Å². The van der Waals surface area contributed by atoms with Crippen LogP contribution in [0.15, 0.2) is 53.1 Å². The number of nitrogens with zero attached hydrogens (tertiary/aromatic N) is 3. The van der Waals surface area contributed by atoms with Crippen molar-refractivity contribution in [3.05, 3.63) is 71.1 Å². The van der Waals surface area contributed by atoms with Gasteiger partial charge in [-0.05, 0) is 43.4 Å². The first kappa shape index (κ1) is 19.4. The summed E-state index contributed by atoms with van der Waals surface area (Å²) in [5.74, 6) is 1.86. The van der Waals surface area contributed by atoms with Crippen LogP contribution in [0.1, 0.15) is 65.9 Å². The summed E-state index contributed by atoms with van der Waals surface area (Å²) in [5, 5.41) is 4.18. The highest BCUT2D eigenvalue weighted by Gasteiger charge is 2.29. The lowest BCUT2D eigenvalue weighted by atomic mass is 9.97. The zero-order valence-corrected chi connectivity index (χ0v) is 17.3. The number of carbonyl (C=O) groups excluding carboxylic acids is 1. The molecule has 5 nitrogen and oxygen atoms in total. The van der Waals surface area contributed by atoms with E-state index in [1.165, 1.54) is 5.56 Å². The first-order chi connectivity index (χ1) is 14.0. The maximum atomic E-state index is 12.9. The van der Waals surface area contributed by atoms with Gasteiger partial charge in [-0.1, -0.05) is 61.0 Å². The third kappa shape index (κ3) is 4.24. The molecule has 1 saturated heterocycles. The van der Waals surface area contributed by atoms with Crippen LogP contribution in [-0.2, 0) is 0 Å². The normalized spacial score (nSPS) is 17.0. The van der Waals surface area contributed by atoms with E-state index in [2.05, 4.69) is 36.1 Å². The van der Waals surface area contributed by atoms with Gasteiger partial charge in [0.25, 0.3) is 5.91 Å². The Morgan fingerprint density at radius 3 is 2.52 bits per heavy atom. The summed E-state index contributed by atoms with van der Waals surface area (Å²) >= 11 is 0. The third-order valence-corrected chi connectivity index (χ3v) is 5.63. The molecule has 0 saturated carbocycles. The molecule has 3 aromatic rings. The largest absolute Gasteiger partial charge is 0.339 e. The minimum Gasteiger partial charge on any atom is -0.339 e. The van der Waals surface area contributed by atoms with Crippen molar-refractivity contribution in [1.82, 2.24) is 15.0 Å². The Balaban J connectivity index is 1.47. The molecule has 29 heavy (non-hydrogen) atoms. The molecule has 0 aliphatic carbocycles. The van der Waals surface area contributed by atoms with Crippen LogP contribution >= 0.6 is 0 Å². The van der Waals surface area contributed by atoms with Crippen molar-refractivity contribution < 1.29 is 9.32 Å². The Hall–Kier alpha value is -2.95. The van der Waals surface area contributed by atoms with E-state index in [1.807, 2.05) is 48.2 Å². The summed E-state index contributed by atoms with van der Waals surface area (Å²) in [4.78, 5) is 19.4. The van der Waals surface area contributed by atoms with Gasteiger partial charge in [-0.3, -0.25) is 4.79 Å². The number of aromatic nitrogens is 2. The van der Waals surface area contributed by atoms with E-state index in [4.69, 9.17) is 4.52 Å². The minimum absolute atomic E-state index is 0.0683. The number of hydrogen-bond donors (Lipinski definition) is 0. The number of benzene rings is 2. The Labute approximate surface area is 171 Å². The fourth-order valence-electron chi connectivity index (χ4n) is 3.78. The van der Waals surface area contributed by atoms with Crippen molar-refractivity contribution in [3.8, 4) is 11.4 Å². The fraction of sp³-hybridized carbons (Fsp3) is 0.375. The van der Waals surface area contributed by atoms with Crippen LogP contribution in [0.25, 0.3) is 11.4 Å². The molecule has 1 atom stereocenters. The van der Waals surface area contributed by atoms with Crippen molar-refractivity contribution in [1.29, 1.82) is 0 Å². The number of carbonyl (C=O) groups is 1. The van der Waals surface area contributed by atoms with Gasteiger partial charge in [-0.2, -0.15) is 4.98 Å². The lowest BCUT2D eigenvalue weighted by molar-refractivity contribution is 0.0695. The van der Waals surface area contributed by atoms with Crippen LogP contribution in [0, 0.1) is 6.92 Å². The molecule has 150 valence electrons.